The van der Waals surface area contributed by atoms with Crippen LogP contribution in [0.15, 0.2) is 41.0 Å². The van der Waals surface area contributed by atoms with E-state index in [1.165, 1.54) is 6.07 Å². The normalized spacial score (nSPS) is 10.4. The molecule has 0 fully saturated rings. The third-order valence-corrected chi connectivity index (χ3v) is 3.38. The number of methoxy groups -OCH3 is 1. The van der Waals surface area contributed by atoms with Crippen molar-refractivity contribution in [2.75, 3.05) is 7.11 Å². The van der Waals surface area contributed by atoms with Crippen molar-refractivity contribution in [1.29, 1.82) is 0 Å². The van der Waals surface area contributed by atoms with Gasteiger partial charge in [-0.15, -0.1) is 0 Å². The molecular weight excluding hydrogens is 338 g/mol. The van der Waals surface area contributed by atoms with Crippen LogP contribution in [-0.4, -0.2) is 17.0 Å². The molecule has 1 aromatic carbocycles. The standard InChI is InChI=1S/C14H14BrN3O3/c1-21-14-5-2-10(8-17-14)7-16-9-11-6-12(15)3-4-13(11)18(19)20/h2-6,8,16H,7,9H2,1H3. The lowest BCUT2D eigenvalue weighted by atomic mass is 10.2. The third-order valence-electron chi connectivity index (χ3n) is 2.89. The summed E-state index contributed by atoms with van der Waals surface area (Å²) in [4.78, 5) is 14.7. The predicted molar refractivity (Wildman–Crippen MR) is 82.1 cm³/mol. The summed E-state index contributed by atoms with van der Waals surface area (Å²) in [6, 6.07) is 8.58. The number of benzene rings is 1. The van der Waals surface area contributed by atoms with Gasteiger partial charge in [0, 0.05) is 41.5 Å². The largest absolute Gasteiger partial charge is 0.481 e. The smallest absolute Gasteiger partial charge is 0.273 e. The number of ether oxygens (including phenoxy) is 1. The summed E-state index contributed by atoms with van der Waals surface area (Å²) >= 11 is 3.32. The van der Waals surface area contributed by atoms with Crippen molar-refractivity contribution in [2.24, 2.45) is 0 Å². The van der Waals surface area contributed by atoms with Crippen molar-refractivity contribution in [3.8, 4) is 5.88 Å². The Hall–Kier alpha value is -1.99. The number of nitro groups is 1. The molecule has 0 aliphatic rings. The van der Waals surface area contributed by atoms with Crippen LogP contribution in [0.4, 0.5) is 5.69 Å². The van der Waals surface area contributed by atoms with Crippen LogP contribution in [0, 0.1) is 10.1 Å². The van der Waals surface area contributed by atoms with Gasteiger partial charge in [-0.25, -0.2) is 4.98 Å². The van der Waals surface area contributed by atoms with E-state index in [1.54, 1.807) is 31.5 Å². The maximum Gasteiger partial charge on any atom is 0.273 e. The summed E-state index contributed by atoms with van der Waals surface area (Å²) < 4.78 is 5.80. The molecule has 0 unspecified atom stereocenters. The summed E-state index contributed by atoms with van der Waals surface area (Å²) in [7, 11) is 1.56. The zero-order valence-electron chi connectivity index (χ0n) is 11.4. The number of nitrogens with zero attached hydrogens (tertiary/aromatic N) is 2. The Labute approximate surface area is 130 Å². The molecule has 0 atom stereocenters. The van der Waals surface area contributed by atoms with Gasteiger partial charge in [-0.1, -0.05) is 22.0 Å². The van der Waals surface area contributed by atoms with E-state index >= 15 is 0 Å². The van der Waals surface area contributed by atoms with Crippen molar-refractivity contribution >= 4 is 21.6 Å². The maximum absolute atomic E-state index is 11.0. The van der Waals surface area contributed by atoms with Crippen LogP contribution in [0.2, 0.25) is 0 Å². The Morgan fingerprint density at radius 3 is 2.76 bits per heavy atom. The molecule has 21 heavy (non-hydrogen) atoms. The van der Waals surface area contributed by atoms with Crippen molar-refractivity contribution in [2.45, 2.75) is 13.1 Å². The fourth-order valence-corrected chi connectivity index (χ4v) is 2.26. The minimum absolute atomic E-state index is 0.110. The first kappa shape index (κ1) is 15.4. The number of pyridine rings is 1. The Morgan fingerprint density at radius 2 is 2.14 bits per heavy atom. The van der Waals surface area contributed by atoms with Crippen LogP contribution in [0.25, 0.3) is 0 Å². The molecule has 1 aromatic heterocycles. The molecule has 0 bridgehead atoms. The van der Waals surface area contributed by atoms with E-state index in [9.17, 15) is 10.1 Å². The maximum atomic E-state index is 11.0. The zero-order chi connectivity index (χ0) is 15.2. The average Bonchev–Trinajstić information content (AvgIpc) is 2.48. The summed E-state index contributed by atoms with van der Waals surface area (Å²) in [6.45, 7) is 0.975. The van der Waals surface area contributed by atoms with Gasteiger partial charge in [0.1, 0.15) is 0 Å². The number of nitrogens with one attached hydrogen (secondary N) is 1. The molecule has 6 nitrogen and oxygen atoms in total. The van der Waals surface area contributed by atoms with Gasteiger partial charge in [0.05, 0.1) is 12.0 Å². The number of nitro benzene ring substituents is 1. The molecular formula is C14H14BrN3O3. The van der Waals surface area contributed by atoms with Gasteiger partial charge in [-0.3, -0.25) is 10.1 Å². The van der Waals surface area contributed by atoms with Gasteiger partial charge in [0.15, 0.2) is 0 Å². The first-order valence-corrected chi connectivity index (χ1v) is 7.02. The van der Waals surface area contributed by atoms with E-state index < -0.39 is 0 Å². The lowest BCUT2D eigenvalue weighted by molar-refractivity contribution is -0.385. The number of rotatable bonds is 6. The van der Waals surface area contributed by atoms with Crippen molar-refractivity contribution in [1.82, 2.24) is 10.3 Å². The van der Waals surface area contributed by atoms with Gasteiger partial charge in [0.25, 0.3) is 5.69 Å². The second-order valence-corrected chi connectivity index (χ2v) is 5.26. The topological polar surface area (TPSA) is 77.3 Å². The number of hydrogen-bond acceptors (Lipinski definition) is 5. The molecule has 110 valence electrons. The second-order valence-electron chi connectivity index (χ2n) is 4.34. The Kier molecular flexibility index (Phi) is 5.24. The lowest BCUT2D eigenvalue weighted by Gasteiger charge is -2.07. The summed E-state index contributed by atoms with van der Waals surface area (Å²) in [5, 5.41) is 14.1. The van der Waals surface area contributed by atoms with E-state index in [0.717, 1.165) is 10.0 Å². The molecule has 0 spiro atoms. The van der Waals surface area contributed by atoms with Crippen LogP contribution >= 0.6 is 15.9 Å². The SMILES string of the molecule is COc1ccc(CNCc2cc(Br)ccc2[N+](=O)[O-])cn1. The van der Waals surface area contributed by atoms with E-state index in [4.69, 9.17) is 4.74 Å². The molecule has 1 N–H and O–H groups in total. The first-order chi connectivity index (χ1) is 10.1. The molecule has 0 amide bonds. The predicted octanol–water partition coefficient (Wildman–Crippen LogP) is 3.05. The van der Waals surface area contributed by atoms with Crippen molar-refractivity contribution in [3.63, 3.8) is 0 Å². The van der Waals surface area contributed by atoms with Gasteiger partial charge < -0.3 is 10.1 Å². The van der Waals surface area contributed by atoms with Gasteiger partial charge >= 0.3 is 0 Å². The second kappa shape index (κ2) is 7.14. The highest BCUT2D eigenvalue weighted by Crippen LogP contribution is 2.22. The molecule has 1 heterocycles. The molecule has 0 saturated carbocycles. The van der Waals surface area contributed by atoms with Crippen molar-refractivity contribution < 1.29 is 9.66 Å². The van der Waals surface area contributed by atoms with Crippen molar-refractivity contribution in [3.05, 3.63) is 62.2 Å². The average molecular weight is 352 g/mol. The number of hydrogen-bond donors (Lipinski definition) is 1. The molecule has 7 heteroatoms. The van der Waals surface area contributed by atoms with Crippen LogP contribution in [-0.2, 0) is 13.1 Å². The summed E-state index contributed by atoms with van der Waals surface area (Å²) in [5.41, 5.74) is 1.72. The van der Waals surface area contributed by atoms with Gasteiger partial charge in [-0.05, 0) is 17.7 Å². The van der Waals surface area contributed by atoms with E-state index in [-0.39, 0.29) is 10.6 Å². The minimum atomic E-state index is -0.377. The molecule has 0 aliphatic carbocycles. The monoisotopic (exact) mass is 351 g/mol. The highest BCUT2D eigenvalue weighted by atomic mass is 79.9. The summed E-state index contributed by atoms with van der Waals surface area (Å²) in [5.74, 6) is 0.557. The zero-order valence-corrected chi connectivity index (χ0v) is 13.0. The van der Waals surface area contributed by atoms with Crippen LogP contribution < -0.4 is 10.1 Å². The summed E-state index contributed by atoms with van der Waals surface area (Å²) in [6.07, 6.45) is 1.71. The van der Waals surface area contributed by atoms with E-state index in [0.29, 0.717) is 24.5 Å². The quantitative estimate of drug-likeness (QED) is 0.639. The Morgan fingerprint density at radius 1 is 1.33 bits per heavy atom. The number of aromatic nitrogens is 1. The highest BCUT2D eigenvalue weighted by molar-refractivity contribution is 9.10. The van der Waals surface area contributed by atoms with E-state index in [1.807, 2.05) is 6.07 Å². The molecule has 2 rings (SSSR count). The molecule has 0 aliphatic heterocycles. The highest BCUT2D eigenvalue weighted by Gasteiger charge is 2.13. The molecule has 0 saturated heterocycles. The Bertz CT molecular complexity index is 632. The Balaban J connectivity index is 1.99. The first-order valence-electron chi connectivity index (χ1n) is 6.22. The molecule has 2 aromatic rings. The van der Waals surface area contributed by atoms with E-state index in [2.05, 4.69) is 26.2 Å². The molecule has 0 radical (unpaired) electrons. The third kappa shape index (κ3) is 4.24. The minimum Gasteiger partial charge on any atom is -0.481 e. The fourth-order valence-electron chi connectivity index (χ4n) is 1.85. The van der Waals surface area contributed by atoms with Crippen LogP contribution in [0.3, 0.4) is 0 Å². The van der Waals surface area contributed by atoms with Gasteiger partial charge in [0.2, 0.25) is 5.88 Å². The number of halogens is 1. The fraction of sp³-hybridized carbons (Fsp3) is 0.214. The van der Waals surface area contributed by atoms with Gasteiger partial charge in [-0.2, -0.15) is 0 Å². The van der Waals surface area contributed by atoms with Crippen LogP contribution in [0.5, 0.6) is 5.88 Å². The van der Waals surface area contributed by atoms with Crippen LogP contribution in [0.1, 0.15) is 11.1 Å². The lowest BCUT2D eigenvalue weighted by Crippen LogP contribution is -2.14.